The fourth-order valence-corrected chi connectivity index (χ4v) is 2.13. The van der Waals surface area contributed by atoms with E-state index in [4.69, 9.17) is 4.74 Å². The fourth-order valence-electron chi connectivity index (χ4n) is 1.57. The van der Waals surface area contributed by atoms with Crippen LogP contribution >= 0.6 is 11.3 Å². The smallest absolute Gasteiger partial charge is 0.226 e. The van der Waals surface area contributed by atoms with Crippen LogP contribution in [0.3, 0.4) is 0 Å². The highest BCUT2D eigenvalue weighted by atomic mass is 32.1. The maximum Gasteiger partial charge on any atom is 0.226 e. The van der Waals surface area contributed by atoms with Gasteiger partial charge in [0.05, 0.1) is 23.7 Å². The number of hydrogen-bond donors (Lipinski definition) is 0. The van der Waals surface area contributed by atoms with Gasteiger partial charge in [-0.15, -0.1) is 11.3 Å². The van der Waals surface area contributed by atoms with Crippen LogP contribution in [-0.4, -0.2) is 27.7 Å². The van der Waals surface area contributed by atoms with Crippen molar-refractivity contribution in [1.82, 2.24) is 14.8 Å². The van der Waals surface area contributed by atoms with Crippen LogP contribution in [0.1, 0.15) is 28.7 Å². The van der Waals surface area contributed by atoms with Gasteiger partial charge >= 0.3 is 0 Å². The third-order valence-electron chi connectivity index (χ3n) is 2.33. The summed E-state index contributed by atoms with van der Waals surface area (Å²) in [6.07, 6.45) is 4.05. The van der Waals surface area contributed by atoms with Crippen LogP contribution in [-0.2, 0) is 6.54 Å². The van der Waals surface area contributed by atoms with E-state index >= 15 is 0 Å². The normalized spacial score (nSPS) is 10.5. The van der Waals surface area contributed by atoms with Crippen molar-refractivity contribution in [3.63, 3.8) is 0 Å². The number of aromatic nitrogens is 3. The van der Waals surface area contributed by atoms with Gasteiger partial charge in [0, 0.05) is 12.7 Å². The lowest BCUT2D eigenvalue weighted by Crippen LogP contribution is -2.11. The highest BCUT2D eigenvalue weighted by molar-refractivity contribution is 7.11. The van der Waals surface area contributed by atoms with E-state index in [1.165, 1.54) is 18.4 Å². The molecule has 2 rings (SSSR count). The van der Waals surface area contributed by atoms with Crippen molar-refractivity contribution >= 4 is 17.1 Å². The number of carbonyl (C=O) groups is 1. The Hall–Kier alpha value is -1.69. The predicted molar refractivity (Wildman–Crippen MR) is 64.6 cm³/mol. The average Bonchev–Trinajstić information content (AvgIpc) is 2.97. The summed E-state index contributed by atoms with van der Waals surface area (Å²) in [7, 11) is 1.54. The Kier molecular flexibility index (Phi) is 3.53. The number of thiazole rings is 1. The number of nitrogens with zero attached hydrogens (tertiary/aromatic N) is 3. The molecule has 0 bridgehead atoms. The lowest BCUT2D eigenvalue weighted by molar-refractivity contribution is 0.102. The summed E-state index contributed by atoms with van der Waals surface area (Å²) in [6, 6.07) is 0. The molecule has 0 aromatic carbocycles. The highest BCUT2D eigenvalue weighted by Crippen LogP contribution is 2.22. The molecular formula is C11H13N3O2S. The van der Waals surface area contributed by atoms with Crippen molar-refractivity contribution in [2.75, 3.05) is 7.11 Å². The Morgan fingerprint density at radius 2 is 2.35 bits per heavy atom. The van der Waals surface area contributed by atoms with E-state index in [1.807, 2.05) is 6.92 Å². The number of rotatable bonds is 5. The summed E-state index contributed by atoms with van der Waals surface area (Å²) in [4.78, 5) is 16.8. The number of ketones is 1. The molecule has 0 atom stereocenters. The largest absolute Gasteiger partial charge is 0.493 e. The fraction of sp³-hybridized carbons (Fsp3) is 0.364. The molecule has 2 heterocycles. The van der Waals surface area contributed by atoms with Crippen LogP contribution in [0.25, 0.3) is 0 Å². The van der Waals surface area contributed by atoms with Gasteiger partial charge in [-0.25, -0.2) is 0 Å². The first-order valence-corrected chi connectivity index (χ1v) is 6.18. The van der Waals surface area contributed by atoms with Gasteiger partial charge in [0.2, 0.25) is 5.78 Å². The van der Waals surface area contributed by atoms with Gasteiger partial charge in [0.15, 0.2) is 11.4 Å². The second-order valence-corrected chi connectivity index (χ2v) is 4.37. The van der Waals surface area contributed by atoms with E-state index in [2.05, 4.69) is 10.1 Å². The second-order valence-electron chi connectivity index (χ2n) is 3.48. The molecule has 0 spiro atoms. The number of carbonyl (C=O) groups excluding carboxylic acids is 1. The summed E-state index contributed by atoms with van der Waals surface area (Å²) in [5, 5.41) is 4.16. The first kappa shape index (κ1) is 11.8. The monoisotopic (exact) mass is 251 g/mol. The van der Waals surface area contributed by atoms with Gasteiger partial charge < -0.3 is 4.74 Å². The Morgan fingerprint density at radius 1 is 1.53 bits per heavy atom. The van der Waals surface area contributed by atoms with Crippen molar-refractivity contribution < 1.29 is 9.53 Å². The molecule has 6 heteroatoms. The third-order valence-corrected chi connectivity index (χ3v) is 3.10. The van der Waals surface area contributed by atoms with Crippen molar-refractivity contribution in [3.8, 4) is 5.75 Å². The molecule has 0 aliphatic rings. The Morgan fingerprint density at radius 3 is 2.94 bits per heavy atom. The number of ether oxygens (including phenoxy) is 1. The molecule has 17 heavy (non-hydrogen) atoms. The molecule has 0 radical (unpaired) electrons. The highest BCUT2D eigenvalue weighted by Gasteiger charge is 2.21. The predicted octanol–water partition coefficient (Wildman–Crippen LogP) is 1.99. The van der Waals surface area contributed by atoms with Crippen LogP contribution < -0.4 is 4.74 Å². The molecule has 0 saturated heterocycles. The topological polar surface area (TPSA) is 57.0 Å². The molecule has 0 saturated carbocycles. The standard InChI is InChI=1S/C11H13N3O2S/c1-3-4-14-10(8(16-2)5-13-14)11(15)9-6-12-7-17-9/h5-7H,3-4H2,1-2H3. The van der Waals surface area contributed by atoms with Crippen LogP contribution in [0, 0.1) is 0 Å². The van der Waals surface area contributed by atoms with E-state index in [-0.39, 0.29) is 5.78 Å². The van der Waals surface area contributed by atoms with Gasteiger partial charge in [0.25, 0.3) is 0 Å². The molecule has 0 aliphatic heterocycles. The average molecular weight is 251 g/mol. The van der Waals surface area contributed by atoms with Gasteiger partial charge in [-0.3, -0.25) is 14.5 Å². The quantitative estimate of drug-likeness (QED) is 0.762. The second kappa shape index (κ2) is 5.09. The molecule has 0 amide bonds. The maximum absolute atomic E-state index is 12.3. The molecule has 0 unspecified atom stereocenters. The van der Waals surface area contributed by atoms with Gasteiger partial charge in [-0.1, -0.05) is 6.92 Å². The van der Waals surface area contributed by atoms with Gasteiger partial charge in [-0.2, -0.15) is 5.10 Å². The summed E-state index contributed by atoms with van der Waals surface area (Å²) in [6.45, 7) is 2.73. The van der Waals surface area contributed by atoms with E-state index in [0.29, 0.717) is 22.9 Å². The van der Waals surface area contributed by atoms with Crippen molar-refractivity contribution in [3.05, 3.63) is 28.5 Å². The van der Waals surface area contributed by atoms with Gasteiger partial charge in [-0.05, 0) is 6.42 Å². The molecule has 2 aromatic heterocycles. The molecule has 0 fully saturated rings. The zero-order valence-electron chi connectivity index (χ0n) is 9.71. The minimum absolute atomic E-state index is 0.0877. The Bertz CT molecular complexity index is 505. The Balaban J connectivity index is 2.42. The number of aryl methyl sites for hydroxylation is 1. The van der Waals surface area contributed by atoms with E-state index in [1.54, 1.807) is 22.6 Å². The molecular weight excluding hydrogens is 238 g/mol. The zero-order valence-corrected chi connectivity index (χ0v) is 10.5. The van der Waals surface area contributed by atoms with Crippen molar-refractivity contribution in [2.24, 2.45) is 0 Å². The number of hydrogen-bond acceptors (Lipinski definition) is 5. The SMILES string of the molecule is CCCn1ncc(OC)c1C(=O)c1cncs1. The van der Waals surface area contributed by atoms with Gasteiger partial charge in [0.1, 0.15) is 0 Å². The molecule has 90 valence electrons. The minimum Gasteiger partial charge on any atom is -0.493 e. The summed E-state index contributed by atoms with van der Waals surface area (Å²) in [5.74, 6) is 0.423. The summed E-state index contributed by atoms with van der Waals surface area (Å²) >= 11 is 1.32. The molecule has 2 aromatic rings. The summed E-state index contributed by atoms with van der Waals surface area (Å²) < 4.78 is 6.85. The molecule has 0 aliphatic carbocycles. The zero-order chi connectivity index (χ0) is 12.3. The lowest BCUT2D eigenvalue weighted by atomic mass is 10.2. The first-order chi connectivity index (χ1) is 8.27. The van der Waals surface area contributed by atoms with Crippen molar-refractivity contribution in [1.29, 1.82) is 0 Å². The van der Waals surface area contributed by atoms with Crippen LogP contribution in [0.2, 0.25) is 0 Å². The van der Waals surface area contributed by atoms with Crippen LogP contribution in [0.4, 0.5) is 0 Å². The van der Waals surface area contributed by atoms with Crippen molar-refractivity contribution in [2.45, 2.75) is 19.9 Å². The lowest BCUT2D eigenvalue weighted by Gasteiger charge is -2.05. The third kappa shape index (κ3) is 2.21. The van der Waals surface area contributed by atoms with E-state index in [0.717, 1.165) is 6.42 Å². The van der Waals surface area contributed by atoms with E-state index in [9.17, 15) is 4.79 Å². The molecule has 0 N–H and O–H groups in total. The molecule has 5 nitrogen and oxygen atoms in total. The maximum atomic E-state index is 12.3. The Labute approximate surface area is 103 Å². The number of methoxy groups -OCH3 is 1. The van der Waals surface area contributed by atoms with Crippen LogP contribution in [0.15, 0.2) is 17.9 Å². The van der Waals surface area contributed by atoms with E-state index < -0.39 is 0 Å². The first-order valence-electron chi connectivity index (χ1n) is 5.31. The summed E-state index contributed by atoms with van der Waals surface area (Å²) in [5.41, 5.74) is 2.14. The minimum atomic E-state index is -0.0877. The van der Waals surface area contributed by atoms with Crippen LogP contribution in [0.5, 0.6) is 5.75 Å².